The average Bonchev–Trinajstić information content (AvgIpc) is 2.37. The van der Waals surface area contributed by atoms with Gasteiger partial charge in [0.1, 0.15) is 0 Å². The van der Waals surface area contributed by atoms with Crippen LogP contribution in [0.5, 0.6) is 0 Å². The van der Waals surface area contributed by atoms with Crippen LogP contribution in [0.4, 0.5) is 0 Å². The topological polar surface area (TPSA) is 71.8 Å². The predicted molar refractivity (Wildman–Crippen MR) is 84.6 cm³/mol. The number of nitrogens with two attached hydrogens (primary N) is 1. The first-order chi connectivity index (χ1) is 8.29. The lowest BCUT2D eigenvalue weighted by Crippen LogP contribution is -2.09. The molecule has 1 heterocycles. The number of H-pyrrole nitrogens is 1. The zero-order valence-electron chi connectivity index (χ0n) is 10.0. The molecule has 0 unspecified atom stereocenters. The van der Waals surface area contributed by atoms with E-state index >= 15 is 0 Å². The summed E-state index contributed by atoms with van der Waals surface area (Å²) in [5, 5.41) is 0.613. The number of hydrogen-bond donors (Lipinski definition) is 2. The lowest BCUT2D eigenvalue weighted by atomic mass is 10.1. The van der Waals surface area contributed by atoms with E-state index in [1.165, 1.54) is 17.8 Å². The summed E-state index contributed by atoms with van der Waals surface area (Å²) in [6.07, 6.45) is 0. The molecule has 0 fully saturated rings. The molecule has 0 radical (unpaired) electrons. The Morgan fingerprint density at radius 1 is 1.21 bits per heavy atom. The lowest BCUT2D eigenvalue weighted by Gasteiger charge is -2.03. The minimum atomic E-state index is -0.140. The Bertz CT molecular complexity index is 548. The highest BCUT2D eigenvalue weighted by Crippen LogP contribution is 2.17. The summed E-state index contributed by atoms with van der Waals surface area (Å²) in [6.45, 7) is 0.559. The molecule has 0 atom stereocenters. The van der Waals surface area contributed by atoms with Crippen LogP contribution < -0.4 is 11.3 Å². The van der Waals surface area contributed by atoms with E-state index in [0.717, 1.165) is 11.3 Å². The number of aromatic amines is 1. The van der Waals surface area contributed by atoms with E-state index in [0.29, 0.717) is 17.4 Å². The molecule has 7 heteroatoms. The third-order valence-corrected chi connectivity index (χ3v) is 3.05. The average molecular weight is 320 g/mol. The number of hydrogen-bond acceptors (Lipinski definition) is 4. The summed E-state index contributed by atoms with van der Waals surface area (Å²) in [5.74, 6) is 0.737. The van der Waals surface area contributed by atoms with E-state index < -0.39 is 0 Å². The summed E-state index contributed by atoms with van der Waals surface area (Å²) in [5.41, 5.74) is 6.91. The number of thioether (sulfide) groups is 1. The van der Waals surface area contributed by atoms with E-state index in [1.807, 2.05) is 30.3 Å². The summed E-state index contributed by atoms with van der Waals surface area (Å²) in [6, 6.07) is 11.1. The fourth-order valence-corrected chi connectivity index (χ4v) is 2.06. The van der Waals surface area contributed by atoms with Crippen LogP contribution in [0.15, 0.2) is 46.3 Å². The molecule has 0 saturated carbocycles. The molecule has 2 aromatic rings. The Balaban J connectivity index is 0.00000162. The summed E-state index contributed by atoms with van der Waals surface area (Å²) < 4.78 is 0. The first kappa shape index (κ1) is 18.0. The monoisotopic (exact) mass is 319 g/mol. The van der Waals surface area contributed by atoms with Gasteiger partial charge in [0.2, 0.25) is 0 Å². The second-order valence-corrected chi connectivity index (χ2v) is 4.52. The minimum absolute atomic E-state index is 0. The normalized spacial score (nSPS) is 9.32. The summed E-state index contributed by atoms with van der Waals surface area (Å²) in [4.78, 5) is 18.6. The molecule has 104 valence electrons. The van der Waals surface area contributed by atoms with Gasteiger partial charge in [-0.25, -0.2) is 4.98 Å². The lowest BCUT2D eigenvalue weighted by molar-refractivity contribution is 0.940. The van der Waals surface area contributed by atoms with Gasteiger partial charge in [0.15, 0.2) is 5.16 Å². The first-order valence-corrected chi connectivity index (χ1v) is 6.28. The van der Waals surface area contributed by atoms with Crippen molar-refractivity contribution in [1.82, 2.24) is 9.97 Å². The van der Waals surface area contributed by atoms with Crippen molar-refractivity contribution in [1.29, 1.82) is 0 Å². The van der Waals surface area contributed by atoms with Crippen molar-refractivity contribution in [3.63, 3.8) is 0 Å². The molecule has 0 saturated heterocycles. The zero-order chi connectivity index (χ0) is 12.1. The van der Waals surface area contributed by atoms with Gasteiger partial charge in [0.05, 0.1) is 5.69 Å². The fourth-order valence-electron chi connectivity index (χ4n) is 1.42. The quantitative estimate of drug-likeness (QED) is 0.670. The molecular formula is C12H15Cl2N3OS. The fraction of sp³-hybridized carbons (Fsp3) is 0.167. The van der Waals surface area contributed by atoms with Gasteiger partial charge in [0, 0.05) is 23.9 Å². The van der Waals surface area contributed by atoms with Crippen molar-refractivity contribution in [3.8, 4) is 11.3 Å². The Labute approximate surface area is 128 Å². The van der Waals surface area contributed by atoms with Crippen LogP contribution in [-0.4, -0.2) is 22.3 Å². The number of benzene rings is 1. The highest BCUT2D eigenvalue weighted by atomic mass is 35.5. The smallest absolute Gasteiger partial charge is 0.252 e. The van der Waals surface area contributed by atoms with Crippen LogP contribution in [0.1, 0.15) is 0 Å². The molecule has 0 aliphatic rings. The van der Waals surface area contributed by atoms with Crippen LogP contribution >= 0.6 is 36.6 Å². The standard InChI is InChI=1S/C12H13N3OS.2ClH/c13-6-7-17-12-14-10(8-11(16)15-12)9-4-2-1-3-5-9;;/h1-5,8H,6-7,13H2,(H,14,15,16);2*1H. The maximum absolute atomic E-state index is 11.5. The van der Waals surface area contributed by atoms with Crippen LogP contribution in [-0.2, 0) is 0 Å². The Kier molecular flexibility index (Phi) is 8.51. The van der Waals surface area contributed by atoms with E-state index in [2.05, 4.69) is 9.97 Å². The van der Waals surface area contributed by atoms with Crippen LogP contribution in [0.2, 0.25) is 0 Å². The van der Waals surface area contributed by atoms with Gasteiger partial charge in [-0.3, -0.25) is 4.79 Å². The van der Waals surface area contributed by atoms with Crippen LogP contribution in [0.25, 0.3) is 11.3 Å². The molecule has 3 N–H and O–H groups in total. The number of rotatable bonds is 4. The Hall–Kier alpha value is -1.01. The van der Waals surface area contributed by atoms with Gasteiger partial charge >= 0.3 is 0 Å². The summed E-state index contributed by atoms with van der Waals surface area (Å²) >= 11 is 1.45. The Morgan fingerprint density at radius 3 is 2.53 bits per heavy atom. The maximum Gasteiger partial charge on any atom is 0.252 e. The van der Waals surface area contributed by atoms with Crippen molar-refractivity contribution in [2.75, 3.05) is 12.3 Å². The van der Waals surface area contributed by atoms with Gasteiger partial charge in [-0.2, -0.15) is 0 Å². The maximum atomic E-state index is 11.5. The highest BCUT2D eigenvalue weighted by Gasteiger charge is 2.03. The van der Waals surface area contributed by atoms with Crippen LogP contribution in [0.3, 0.4) is 0 Å². The third kappa shape index (κ3) is 5.24. The molecule has 0 aliphatic heterocycles. The van der Waals surface area contributed by atoms with Crippen LogP contribution in [0, 0.1) is 0 Å². The Morgan fingerprint density at radius 2 is 1.89 bits per heavy atom. The molecule has 19 heavy (non-hydrogen) atoms. The number of nitrogens with zero attached hydrogens (tertiary/aromatic N) is 1. The number of nitrogens with one attached hydrogen (secondary N) is 1. The van der Waals surface area contributed by atoms with Crippen molar-refractivity contribution >= 4 is 36.6 Å². The number of halogens is 2. The molecule has 4 nitrogen and oxygen atoms in total. The van der Waals surface area contributed by atoms with E-state index in [1.54, 1.807) is 0 Å². The van der Waals surface area contributed by atoms with Crippen molar-refractivity contribution in [3.05, 3.63) is 46.8 Å². The molecule has 1 aromatic carbocycles. The molecular weight excluding hydrogens is 305 g/mol. The van der Waals surface area contributed by atoms with E-state index in [9.17, 15) is 4.79 Å². The molecule has 0 aliphatic carbocycles. The predicted octanol–water partition coefficient (Wildman–Crippen LogP) is 2.33. The van der Waals surface area contributed by atoms with Gasteiger partial charge in [-0.1, -0.05) is 42.1 Å². The number of aromatic nitrogens is 2. The van der Waals surface area contributed by atoms with Gasteiger partial charge in [0.25, 0.3) is 5.56 Å². The molecule has 0 spiro atoms. The third-order valence-electron chi connectivity index (χ3n) is 2.15. The highest BCUT2D eigenvalue weighted by molar-refractivity contribution is 7.99. The van der Waals surface area contributed by atoms with E-state index in [-0.39, 0.29) is 30.4 Å². The minimum Gasteiger partial charge on any atom is -0.330 e. The van der Waals surface area contributed by atoms with Gasteiger partial charge in [-0.15, -0.1) is 24.8 Å². The van der Waals surface area contributed by atoms with E-state index in [4.69, 9.17) is 5.73 Å². The summed E-state index contributed by atoms with van der Waals surface area (Å²) in [7, 11) is 0. The molecule has 2 rings (SSSR count). The second kappa shape index (κ2) is 8.98. The zero-order valence-corrected chi connectivity index (χ0v) is 12.5. The van der Waals surface area contributed by atoms with Crippen molar-refractivity contribution in [2.24, 2.45) is 5.73 Å². The first-order valence-electron chi connectivity index (χ1n) is 5.29. The SMILES string of the molecule is Cl.Cl.NCCSc1nc(-c2ccccc2)cc(=O)[nH]1. The molecule has 0 amide bonds. The second-order valence-electron chi connectivity index (χ2n) is 3.44. The van der Waals surface area contributed by atoms with Gasteiger partial charge in [-0.05, 0) is 0 Å². The van der Waals surface area contributed by atoms with Gasteiger partial charge < -0.3 is 10.7 Å². The van der Waals surface area contributed by atoms with Crippen molar-refractivity contribution < 1.29 is 0 Å². The molecule has 1 aromatic heterocycles. The van der Waals surface area contributed by atoms with Crippen molar-refractivity contribution in [2.45, 2.75) is 5.16 Å². The molecule has 0 bridgehead atoms. The largest absolute Gasteiger partial charge is 0.330 e.